The van der Waals surface area contributed by atoms with Crippen molar-refractivity contribution in [3.63, 3.8) is 0 Å². The molecule has 3 saturated carbocycles. The quantitative estimate of drug-likeness (QED) is 0.187. The highest BCUT2D eigenvalue weighted by Crippen LogP contribution is 2.67. The third kappa shape index (κ3) is 8.24. The first-order valence-corrected chi connectivity index (χ1v) is 18.9. The molecule has 4 heteroatoms. The average Bonchev–Trinajstić information content (AvgIpc) is 3.35. The van der Waals surface area contributed by atoms with Gasteiger partial charge in [-0.15, -0.1) is 0 Å². The van der Waals surface area contributed by atoms with Gasteiger partial charge in [0.2, 0.25) is 0 Å². The Balaban J connectivity index is 0.000000232. The van der Waals surface area contributed by atoms with E-state index in [9.17, 15) is 9.90 Å². The lowest BCUT2D eigenvalue weighted by Gasteiger charge is -2.58. The van der Waals surface area contributed by atoms with Gasteiger partial charge in [0.25, 0.3) is 0 Å². The molecule has 0 saturated heterocycles. The van der Waals surface area contributed by atoms with Gasteiger partial charge in [-0.05, 0) is 155 Å². The van der Waals surface area contributed by atoms with Gasteiger partial charge in [-0.2, -0.15) is 0 Å². The molecular formula is C42H68O4. The molecule has 0 spiro atoms. The molecule has 0 unspecified atom stereocenters. The van der Waals surface area contributed by atoms with Gasteiger partial charge in [-0.3, -0.25) is 4.79 Å². The van der Waals surface area contributed by atoms with E-state index in [1.807, 2.05) is 26.0 Å². The van der Waals surface area contributed by atoms with Gasteiger partial charge in [-0.1, -0.05) is 77.7 Å². The molecule has 46 heavy (non-hydrogen) atoms. The van der Waals surface area contributed by atoms with Crippen molar-refractivity contribution in [1.82, 2.24) is 0 Å². The molecule has 5 rings (SSSR count). The maximum absolute atomic E-state index is 10.9. The summed E-state index contributed by atoms with van der Waals surface area (Å²) in [6, 6.07) is 6.10. The van der Waals surface area contributed by atoms with Crippen molar-refractivity contribution in [2.45, 2.75) is 152 Å². The number of allylic oxidation sites excluding steroid dienone is 1. The summed E-state index contributed by atoms with van der Waals surface area (Å²) >= 11 is 0. The van der Waals surface area contributed by atoms with Crippen LogP contribution in [0.1, 0.15) is 143 Å². The molecule has 1 aromatic rings. The number of hydrogen-bond donors (Lipinski definition) is 2. The van der Waals surface area contributed by atoms with E-state index in [1.54, 1.807) is 19.4 Å². The Labute approximate surface area is 282 Å². The van der Waals surface area contributed by atoms with E-state index < -0.39 is 11.4 Å². The summed E-state index contributed by atoms with van der Waals surface area (Å²) in [4.78, 5) is 10.9. The van der Waals surface area contributed by atoms with Gasteiger partial charge in [0.05, 0.1) is 18.1 Å². The summed E-state index contributed by atoms with van der Waals surface area (Å²) in [5.74, 6) is 5.59. The maximum Gasteiger partial charge on any atom is 0.309 e. The number of benzene rings is 1. The van der Waals surface area contributed by atoms with Crippen molar-refractivity contribution in [3.8, 4) is 5.75 Å². The van der Waals surface area contributed by atoms with E-state index in [0.717, 1.165) is 66.1 Å². The second-order valence-corrected chi connectivity index (χ2v) is 17.6. The van der Waals surface area contributed by atoms with Crippen LogP contribution in [0.5, 0.6) is 5.75 Å². The zero-order valence-corrected chi connectivity index (χ0v) is 31.0. The fourth-order valence-corrected chi connectivity index (χ4v) is 10.3. The van der Waals surface area contributed by atoms with Gasteiger partial charge in [0.15, 0.2) is 0 Å². The van der Waals surface area contributed by atoms with E-state index in [-0.39, 0.29) is 6.10 Å². The highest BCUT2D eigenvalue weighted by molar-refractivity contribution is 5.73. The minimum Gasteiger partial charge on any atom is -0.493 e. The second kappa shape index (κ2) is 15.2. The molecular weight excluding hydrogens is 568 g/mol. The van der Waals surface area contributed by atoms with E-state index in [1.165, 1.54) is 63.4 Å². The van der Waals surface area contributed by atoms with Crippen molar-refractivity contribution >= 4 is 5.97 Å². The lowest BCUT2D eigenvalue weighted by atomic mass is 9.47. The number of ether oxygens (including phenoxy) is 1. The molecule has 8 atom stereocenters. The van der Waals surface area contributed by atoms with Gasteiger partial charge in [0, 0.05) is 0 Å². The van der Waals surface area contributed by atoms with Crippen molar-refractivity contribution in [2.24, 2.45) is 51.8 Å². The highest BCUT2D eigenvalue weighted by atomic mass is 16.5. The first-order chi connectivity index (χ1) is 21.6. The van der Waals surface area contributed by atoms with Crippen LogP contribution in [0.25, 0.3) is 0 Å². The van der Waals surface area contributed by atoms with Crippen LogP contribution in [-0.4, -0.2) is 28.9 Å². The van der Waals surface area contributed by atoms with Crippen LogP contribution in [0, 0.1) is 65.6 Å². The Bertz CT molecular complexity index is 1200. The molecule has 260 valence electrons. The van der Waals surface area contributed by atoms with Crippen LogP contribution in [0.15, 0.2) is 29.8 Å². The van der Waals surface area contributed by atoms with Crippen LogP contribution < -0.4 is 4.74 Å². The van der Waals surface area contributed by atoms with Crippen LogP contribution in [0.2, 0.25) is 0 Å². The largest absolute Gasteiger partial charge is 0.493 e. The van der Waals surface area contributed by atoms with Crippen molar-refractivity contribution in [1.29, 1.82) is 0 Å². The minimum absolute atomic E-state index is 0.0766. The number of aliphatic hydroxyl groups is 1. The van der Waals surface area contributed by atoms with Gasteiger partial charge < -0.3 is 14.9 Å². The fourth-order valence-electron chi connectivity index (χ4n) is 10.3. The molecule has 0 amide bonds. The van der Waals surface area contributed by atoms with Crippen molar-refractivity contribution in [2.75, 3.05) is 6.61 Å². The zero-order chi connectivity index (χ0) is 33.9. The van der Waals surface area contributed by atoms with E-state index >= 15 is 0 Å². The van der Waals surface area contributed by atoms with Crippen LogP contribution in [-0.2, 0) is 4.79 Å². The number of aryl methyl sites for hydroxylation is 2. The first-order valence-electron chi connectivity index (χ1n) is 18.9. The molecule has 0 heterocycles. The van der Waals surface area contributed by atoms with Gasteiger partial charge in [0.1, 0.15) is 5.75 Å². The molecule has 3 fully saturated rings. The smallest absolute Gasteiger partial charge is 0.309 e. The summed E-state index contributed by atoms with van der Waals surface area (Å²) in [7, 11) is 0. The third-order valence-electron chi connectivity index (χ3n) is 13.4. The van der Waals surface area contributed by atoms with E-state index in [4.69, 9.17) is 9.84 Å². The summed E-state index contributed by atoms with van der Waals surface area (Å²) in [6.45, 7) is 20.6. The SMILES string of the molecule is CC(C)CCC[C@@H](C)[C@H]1CC[C@H]2[C@@H]3CC=C4C[C@@H](O)CC[C@]4(C)[C@H]3CC[C@]12C.Cc1ccc(C)c(OCCCC(C)(C)C(=O)O)c1. The zero-order valence-electron chi connectivity index (χ0n) is 31.0. The molecule has 1 aromatic carbocycles. The Morgan fingerprint density at radius 1 is 1.00 bits per heavy atom. The predicted molar refractivity (Wildman–Crippen MR) is 191 cm³/mol. The number of rotatable bonds is 11. The number of carbonyl (C=O) groups is 1. The molecule has 0 aliphatic heterocycles. The van der Waals surface area contributed by atoms with E-state index in [0.29, 0.717) is 23.9 Å². The number of carboxylic acid groups (broad SMARTS) is 1. The molecule has 4 nitrogen and oxygen atoms in total. The molecule has 0 aromatic heterocycles. The van der Waals surface area contributed by atoms with Crippen LogP contribution in [0.3, 0.4) is 0 Å². The Kier molecular flexibility index (Phi) is 12.2. The normalized spacial score (nSPS) is 32.8. The summed E-state index contributed by atoms with van der Waals surface area (Å²) in [6.07, 6.45) is 18.5. The average molecular weight is 637 g/mol. The summed E-state index contributed by atoms with van der Waals surface area (Å²) < 4.78 is 5.70. The van der Waals surface area contributed by atoms with Crippen molar-refractivity contribution < 1.29 is 19.7 Å². The van der Waals surface area contributed by atoms with Crippen LogP contribution in [0.4, 0.5) is 0 Å². The topological polar surface area (TPSA) is 66.8 Å². The first kappa shape index (κ1) is 37.0. The standard InChI is InChI=1S/C27H46O.C15H22O3/c1-18(2)7-6-8-19(3)23-11-12-24-22-10-9-20-17-21(28)13-15-26(20,4)25(22)14-16-27(23,24)5;1-11-6-7-12(2)13(10-11)18-9-5-8-15(3,4)14(16)17/h9,18-19,21-25,28H,6-8,10-17H2,1-5H3;6-7,10H,5,8-9H2,1-4H3,(H,16,17)/t19-,21+,22+,23-,24+,25+,26+,27-;/m1./s1. The molecule has 2 N–H and O–H groups in total. The summed E-state index contributed by atoms with van der Waals surface area (Å²) in [5.41, 5.74) is 4.20. The fraction of sp³-hybridized carbons (Fsp3) is 0.786. The lowest BCUT2D eigenvalue weighted by molar-refractivity contribution is -0.147. The highest BCUT2D eigenvalue weighted by Gasteiger charge is 2.59. The molecule has 0 radical (unpaired) electrons. The minimum atomic E-state index is -0.755. The number of aliphatic carboxylic acids is 1. The van der Waals surface area contributed by atoms with Gasteiger partial charge in [-0.25, -0.2) is 0 Å². The molecule has 4 aliphatic rings. The number of fused-ring (bicyclic) bond motifs is 5. The lowest BCUT2D eigenvalue weighted by Crippen LogP contribution is -2.50. The van der Waals surface area contributed by atoms with E-state index in [2.05, 4.69) is 46.8 Å². The third-order valence-corrected chi connectivity index (χ3v) is 13.4. The molecule has 0 bridgehead atoms. The Morgan fingerprint density at radius 3 is 2.43 bits per heavy atom. The Morgan fingerprint density at radius 2 is 1.74 bits per heavy atom. The predicted octanol–water partition coefficient (Wildman–Crippen LogP) is 11.0. The van der Waals surface area contributed by atoms with Gasteiger partial charge >= 0.3 is 5.97 Å². The van der Waals surface area contributed by atoms with Crippen LogP contribution >= 0.6 is 0 Å². The number of aliphatic hydroxyl groups excluding tert-OH is 1. The maximum atomic E-state index is 10.9. The second-order valence-electron chi connectivity index (χ2n) is 17.6. The summed E-state index contributed by atoms with van der Waals surface area (Å²) in [5, 5.41) is 19.2. The monoisotopic (exact) mass is 637 g/mol. The van der Waals surface area contributed by atoms with Crippen molar-refractivity contribution in [3.05, 3.63) is 41.0 Å². The number of carboxylic acids is 1. The molecule has 4 aliphatic carbocycles. The Hall–Kier alpha value is -1.81. The number of hydrogen-bond acceptors (Lipinski definition) is 3.